The molecule has 194 valence electrons. The van der Waals surface area contributed by atoms with Crippen LogP contribution in [-0.4, -0.2) is 44.7 Å². The molecule has 8 nitrogen and oxygen atoms in total. The van der Waals surface area contributed by atoms with Crippen molar-refractivity contribution < 1.29 is 28.5 Å². The van der Waals surface area contributed by atoms with Gasteiger partial charge in [-0.25, -0.2) is 9.88 Å². The fraction of sp³-hybridized carbons (Fsp3) is 0.179. The van der Waals surface area contributed by atoms with Crippen molar-refractivity contribution in [1.82, 2.24) is 4.98 Å². The molecule has 2 heterocycles. The van der Waals surface area contributed by atoms with Crippen molar-refractivity contribution in [2.24, 2.45) is 0 Å². The smallest absolute Gasteiger partial charge is 0.268 e. The number of rotatable bonds is 8. The normalized spacial score (nSPS) is 12.5. The summed E-state index contributed by atoms with van der Waals surface area (Å²) in [5, 5.41) is 0.663. The summed E-state index contributed by atoms with van der Waals surface area (Å²) in [6.07, 6.45) is 0. The maximum atomic E-state index is 13.2. The maximum Gasteiger partial charge on any atom is 0.268 e. The van der Waals surface area contributed by atoms with E-state index < -0.39 is 11.8 Å². The number of carbonyl (C=O) groups is 2. The Morgan fingerprint density at radius 2 is 1.47 bits per heavy atom. The second-order valence-corrected chi connectivity index (χ2v) is 9.54. The Balaban J connectivity index is 1.71. The lowest BCUT2D eigenvalue weighted by molar-refractivity contribution is 0.0926. The van der Waals surface area contributed by atoms with Gasteiger partial charge in [-0.1, -0.05) is 35.1 Å². The molecule has 10 heteroatoms. The first kappa shape index (κ1) is 25.6. The second kappa shape index (κ2) is 10.4. The highest BCUT2D eigenvalue weighted by Gasteiger charge is 2.39. The van der Waals surface area contributed by atoms with Gasteiger partial charge in [-0.2, -0.15) is 0 Å². The van der Waals surface area contributed by atoms with Crippen LogP contribution < -0.4 is 23.8 Å². The van der Waals surface area contributed by atoms with Crippen molar-refractivity contribution in [3.8, 4) is 44.7 Å². The minimum Gasteiger partial charge on any atom is -0.493 e. The monoisotopic (exact) mass is 550 g/mol. The van der Waals surface area contributed by atoms with Crippen molar-refractivity contribution in [3.63, 3.8) is 0 Å². The number of fused-ring (bicyclic) bond motifs is 1. The Morgan fingerprint density at radius 3 is 2.00 bits per heavy atom. The summed E-state index contributed by atoms with van der Waals surface area (Å²) in [6.45, 7) is 2.35. The molecule has 0 spiro atoms. The highest BCUT2D eigenvalue weighted by molar-refractivity contribution is 7.20. The highest BCUT2D eigenvalue weighted by atomic mass is 35.5. The molecule has 38 heavy (non-hydrogen) atoms. The van der Waals surface area contributed by atoms with Gasteiger partial charge < -0.3 is 18.9 Å². The van der Waals surface area contributed by atoms with Crippen LogP contribution in [0.1, 0.15) is 27.6 Å². The van der Waals surface area contributed by atoms with Crippen LogP contribution in [0.15, 0.2) is 54.6 Å². The quantitative estimate of drug-likeness (QED) is 0.236. The molecule has 0 fully saturated rings. The molecule has 1 aliphatic rings. The van der Waals surface area contributed by atoms with Gasteiger partial charge in [0.15, 0.2) is 11.5 Å². The number of carbonyl (C=O) groups excluding carboxylic acids is 2. The lowest BCUT2D eigenvalue weighted by Crippen LogP contribution is -2.29. The van der Waals surface area contributed by atoms with Crippen molar-refractivity contribution >= 4 is 39.9 Å². The molecule has 0 N–H and O–H groups in total. The first-order chi connectivity index (χ1) is 18.4. The van der Waals surface area contributed by atoms with Crippen LogP contribution in [0.3, 0.4) is 0 Å². The number of amides is 2. The molecular formula is C28H23ClN2O6S. The van der Waals surface area contributed by atoms with E-state index in [1.165, 1.54) is 32.7 Å². The lowest BCUT2D eigenvalue weighted by Gasteiger charge is -2.14. The van der Waals surface area contributed by atoms with Crippen LogP contribution in [0.4, 0.5) is 5.13 Å². The average molecular weight is 551 g/mol. The van der Waals surface area contributed by atoms with Crippen LogP contribution >= 0.6 is 22.9 Å². The van der Waals surface area contributed by atoms with E-state index in [1.54, 1.807) is 48.5 Å². The predicted octanol–water partition coefficient (Wildman–Crippen LogP) is 6.36. The molecule has 0 aliphatic carbocycles. The number of anilines is 1. The zero-order chi connectivity index (χ0) is 27.0. The number of thiazole rings is 1. The third kappa shape index (κ3) is 4.23. The van der Waals surface area contributed by atoms with Gasteiger partial charge in [-0.3, -0.25) is 9.59 Å². The van der Waals surface area contributed by atoms with Crippen molar-refractivity contribution in [1.29, 1.82) is 0 Å². The summed E-state index contributed by atoms with van der Waals surface area (Å²) < 4.78 is 22.2. The van der Waals surface area contributed by atoms with Gasteiger partial charge >= 0.3 is 0 Å². The van der Waals surface area contributed by atoms with Crippen LogP contribution in [0.5, 0.6) is 23.0 Å². The predicted molar refractivity (Wildman–Crippen MR) is 146 cm³/mol. The summed E-state index contributed by atoms with van der Waals surface area (Å²) in [4.78, 5) is 33.1. The molecule has 0 atom stereocenters. The molecule has 0 unspecified atom stereocenters. The number of benzene rings is 3. The van der Waals surface area contributed by atoms with E-state index in [1.807, 2.05) is 13.0 Å². The minimum absolute atomic E-state index is 0.236. The number of methoxy groups -OCH3 is 3. The SMILES string of the molecule is CCOc1ccc(-c2sc(N3C(=O)c4ccccc4C3=O)nc2-c2cc(OC)c(OC)c(OC)c2)cc1Cl. The largest absolute Gasteiger partial charge is 0.493 e. The van der Waals surface area contributed by atoms with E-state index in [0.29, 0.717) is 61.9 Å². The first-order valence-corrected chi connectivity index (χ1v) is 12.8. The van der Waals surface area contributed by atoms with Gasteiger partial charge in [0, 0.05) is 5.56 Å². The summed E-state index contributed by atoms with van der Waals surface area (Å²) >= 11 is 7.72. The summed E-state index contributed by atoms with van der Waals surface area (Å²) in [5.41, 5.74) is 2.57. The summed E-state index contributed by atoms with van der Waals surface area (Å²) in [7, 11) is 4.58. The van der Waals surface area contributed by atoms with Gasteiger partial charge in [0.25, 0.3) is 11.8 Å². The van der Waals surface area contributed by atoms with Crippen molar-refractivity contribution in [3.05, 3.63) is 70.7 Å². The third-order valence-electron chi connectivity index (χ3n) is 6.03. The van der Waals surface area contributed by atoms with Crippen LogP contribution in [0, 0.1) is 0 Å². The Hall–Kier alpha value is -4.08. The Labute approximate surface area is 228 Å². The zero-order valence-corrected chi connectivity index (χ0v) is 22.6. The van der Waals surface area contributed by atoms with Crippen molar-refractivity contribution in [2.75, 3.05) is 32.8 Å². The average Bonchev–Trinajstić information content (AvgIpc) is 3.48. The van der Waals surface area contributed by atoms with Crippen molar-refractivity contribution in [2.45, 2.75) is 6.92 Å². The fourth-order valence-electron chi connectivity index (χ4n) is 4.29. The van der Waals surface area contributed by atoms with Gasteiger partial charge in [0.2, 0.25) is 10.9 Å². The minimum atomic E-state index is -0.424. The molecule has 0 bridgehead atoms. The lowest BCUT2D eigenvalue weighted by atomic mass is 10.1. The van der Waals surface area contributed by atoms with Crippen LogP contribution in [-0.2, 0) is 0 Å². The van der Waals surface area contributed by atoms with Gasteiger partial charge in [0.05, 0.1) is 54.7 Å². The number of hydrogen-bond donors (Lipinski definition) is 0. The molecule has 1 aliphatic heterocycles. The number of hydrogen-bond acceptors (Lipinski definition) is 8. The summed E-state index contributed by atoms with van der Waals surface area (Å²) in [6, 6.07) is 15.7. The standard InChI is InChI=1S/C28H23ClN2O6S/c1-5-37-20-11-10-15(12-19(20)29)25-23(16-13-21(34-2)24(36-4)22(14-16)35-3)30-28(38-25)31-26(32)17-8-6-7-9-18(17)27(31)33/h6-14H,5H2,1-4H3. The maximum absolute atomic E-state index is 13.2. The van der Waals surface area contributed by atoms with Gasteiger partial charge in [0.1, 0.15) is 5.75 Å². The number of aromatic nitrogens is 1. The van der Waals surface area contributed by atoms with Gasteiger partial charge in [-0.15, -0.1) is 0 Å². The van der Waals surface area contributed by atoms with E-state index in [0.717, 1.165) is 10.5 Å². The molecule has 0 radical (unpaired) electrons. The molecule has 5 rings (SSSR count). The third-order valence-corrected chi connectivity index (χ3v) is 7.42. The number of nitrogens with zero attached hydrogens (tertiary/aromatic N) is 2. The Bertz CT molecular complexity index is 1510. The molecule has 0 saturated carbocycles. The highest BCUT2D eigenvalue weighted by Crippen LogP contribution is 2.47. The topological polar surface area (TPSA) is 87.2 Å². The number of ether oxygens (including phenoxy) is 4. The first-order valence-electron chi connectivity index (χ1n) is 11.6. The van der Waals surface area contributed by atoms with E-state index in [2.05, 4.69) is 0 Å². The Kier molecular flexibility index (Phi) is 6.96. The molecule has 0 saturated heterocycles. The fourth-order valence-corrected chi connectivity index (χ4v) is 5.61. The van der Waals surface area contributed by atoms with Gasteiger partial charge in [-0.05, 0) is 55.0 Å². The number of halogens is 1. The molecular weight excluding hydrogens is 528 g/mol. The molecule has 2 amide bonds. The second-order valence-electron chi connectivity index (χ2n) is 8.16. The zero-order valence-electron chi connectivity index (χ0n) is 21.0. The molecule has 4 aromatic rings. The van der Waals surface area contributed by atoms with E-state index in [-0.39, 0.29) is 5.13 Å². The van der Waals surface area contributed by atoms with E-state index >= 15 is 0 Å². The molecule has 1 aromatic heterocycles. The number of imide groups is 1. The van der Waals surface area contributed by atoms with E-state index in [4.69, 9.17) is 35.5 Å². The summed E-state index contributed by atoms with van der Waals surface area (Å²) in [5.74, 6) is 1.01. The molecule has 3 aromatic carbocycles. The van der Waals surface area contributed by atoms with E-state index in [9.17, 15) is 9.59 Å². The Morgan fingerprint density at radius 1 is 0.842 bits per heavy atom. The van der Waals surface area contributed by atoms with Crippen LogP contribution in [0.2, 0.25) is 5.02 Å². The van der Waals surface area contributed by atoms with Crippen LogP contribution in [0.25, 0.3) is 21.7 Å².